The number of ether oxygens (including phenoxy) is 3. The van der Waals surface area contributed by atoms with E-state index in [9.17, 15) is 20.1 Å². The Morgan fingerprint density at radius 3 is 2.00 bits per heavy atom. The zero-order valence-electron chi connectivity index (χ0n) is 11.7. The number of hydrogen-bond donors (Lipinski definition) is 6. The summed E-state index contributed by atoms with van der Waals surface area (Å²) >= 11 is 0. The number of carbonyl (C=O) groups excluding carboxylic acids is 1. The van der Waals surface area contributed by atoms with Crippen molar-refractivity contribution >= 4 is 5.97 Å². The average Bonchev–Trinajstić information content (AvgIpc) is 2.85. The van der Waals surface area contributed by atoms with Crippen molar-refractivity contribution in [2.24, 2.45) is 0 Å². The smallest absolute Gasteiger partial charge is 0.378 e. The van der Waals surface area contributed by atoms with Crippen molar-refractivity contribution < 1.29 is 49.6 Å². The van der Waals surface area contributed by atoms with E-state index in [0.717, 1.165) is 0 Å². The quantitative estimate of drug-likeness (QED) is 0.219. The van der Waals surface area contributed by atoms with Gasteiger partial charge in [0.05, 0.1) is 19.8 Å². The molecule has 0 aliphatic carbocycles. The van der Waals surface area contributed by atoms with Crippen LogP contribution in [0.25, 0.3) is 0 Å². The van der Waals surface area contributed by atoms with E-state index in [1.165, 1.54) is 0 Å². The first-order chi connectivity index (χ1) is 10.4. The molecule has 0 fully saturated rings. The molecule has 0 radical (unpaired) electrons. The molecule has 10 heteroatoms. The molecule has 0 saturated carbocycles. The fraction of sp³-hybridized carbons (Fsp3) is 0.750. The lowest BCUT2D eigenvalue weighted by Crippen LogP contribution is -2.33. The molecule has 1 rings (SSSR count). The molecule has 1 heterocycles. The van der Waals surface area contributed by atoms with Gasteiger partial charge in [-0.2, -0.15) is 0 Å². The predicted octanol–water partition coefficient (Wildman–Crippen LogP) is -3.78. The summed E-state index contributed by atoms with van der Waals surface area (Å²) in [6.07, 6.45) is -5.30. The zero-order valence-corrected chi connectivity index (χ0v) is 11.7. The highest BCUT2D eigenvalue weighted by atomic mass is 16.6. The second-order valence-corrected chi connectivity index (χ2v) is 4.56. The molecule has 128 valence electrons. The molecule has 4 atom stereocenters. The monoisotopic (exact) mass is 324 g/mol. The Balaban J connectivity index is 2.88. The van der Waals surface area contributed by atoms with Crippen molar-refractivity contribution in [1.82, 2.24) is 0 Å². The molecule has 0 aromatic heterocycles. The van der Waals surface area contributed by atoms with E-state index in [4.69, 9.17) is 29.5 Å². The van der Waals surface area contributed by atoms with Crippen LogP contribution >= 0.6 is 0 Å². The number of aliphatic hydroxyl groups excluding tert-OH is 6. The summed E-state index contributed by atoms with van der Waals surface area (Å²) in [6.45, 7) is -2.75. The van der Waals surface area contributed by atoms with Crippen molar-refractivity contribution in [1.29, 1.82) is 0 Å². The van der Waals surface area contributed by atoms with Gasteiger partial charge in [0.25, 0.3) is 0 Å². The van der Waals surface area contributed by atoms with Crippen molar-refractivity contribution in [2.75, 3.05) is 33.0 Å². The van der Waals surface area contributed by atoms with Crippen molar-refractivity contribution in [3.05, 3.63) is 11.5 Å². The molecule has 1 aliphatic rings. The van der Waals surface area contributed by atoms with Gasteiger partial charge in [-0.25, -0.2) is 4.79 Å². The summed E-state index contributed by atoms with van der Waals surface area (Å²) in [5, 5.41) is 54.5. The van der Waals surface area contributed by atoms with Gasteiger partial charge in [0.15, 0.2) is 11.9 Å². The largest absolute Gasteiger partial charge is 0.487 e. The summed E-state index contributed by atoms with van der Waals surface area (Å²) in [7, 11) is 0. The van der Waals surface area contributed by atoms with Gasteiger partial charge in [-0.3, -0.25) is 0 Å². The Labute approximate surface area is 125 Å². The summed E-state index contributed by atoms with van der Waals surface area (Å²) in [4.78, 5) is 11.7. The minimum Gasteiger partial charge on any atom is -0.487 e. The van der Waals surface area contributed by atoms with E-state index >= 15 is 0 Å². The van der Waals surface area contributed by atoms with Gasteiger partial charge < -0.3 is 44.8 Å². The third-order valence-electron chi connectivity index (χ3n) is 2.71. The number of rotatable bonds is 10. The molecule has 1 aliphatic heterocycles. The Morgan fingerprint density at radius 2 is 1.50 bits per heavy atom. The Hall–Kier alpha value is -1.43. The van der Waals surface area contributed by atoms with E-state index in [2.05, 4.69) is 0 Å². The van der Waals surface area contributed by atoms with Crippen LogP contribution in [0.5, 0.6) is 0 Å². The molecule has 2 unspecified atom stereocenters. The van der Waals surface area contributed by atoms with Crippen molar-refractivity contribution in [2.45, 2.75) is 24.4 Å². The summed E-state index contributed by atoms with van der Waals surface area (Å²) < 4.78 is 14.9. The van der Waals surface area contributed by atoms with Crippen LogP contribution in [0.4, 0.5) is 0 Å². The second-order valence-electron chi connectivity index (χ2n) is 4.56. The highest BCUT2D eigenvalue weighted by Gasteiger charge is 2.42. The van der Waals surface area contributed by atoms with Gasteiger partial charge in [-0.1, -0.05) is 0 Å². The van der Waals surface area contributed by atoms with Crippen LogP contribution in [0.1, 0.15) is 0 Å². The van der Waals surface area contributed by atoms with Crippen LogP contribution in [-0.2, 0) is 19.0 Å². The molecule has 0 bridgehead atoms. The lowest BCUT2D eigenvalue weighted by molar-refractivity contribution is -0.149. The number of aliphatic hydroxyl groups is 6. The average molecular weight is 324 g/mol. The maximum absolute atomic E-state index is 11.7. The predicted molar refractivity (Wildman–Crippen MR) is 68.1 cm³/mol. The molecule has 6 N–H and O–H groups in total. The molecular formula is C12H20O10. The van der Waals surface area contributed by atoms with Gasteiger partial charge in [0.1, 0.15) is 31.5 Å². The topological polar surface area (TPSA) is 166 Å². The molecule has 0 saturated heterocycles. The van der Waals surface area contributed by atoms with Gasteiger partial charge in [0, 0.05) is 0 Å². The standard InChI is InChI=1S/C12H20O10/c13-1-6(16)4-20-10-9(8(18)3-15)22-12(19)11(10)21-5-7(17)2-14/h6-9,13-18H,1-5H2/t6?,7?,8-,9+/m0/s1. The van der Waals surface area contributed by atoms with Gasteiger partial charge in [-0.05, 0) is 0 Å². The van der Waals surface area contributed by atoms with Gasteiger partial charge in [0.2, 0.25) is 5.76 Å². The molecule has 0 amide bonds. The summed E-state index contributed by atoms with van der Waals surface area (Å²) in [5.41, 5.74) is 0. The molecular weight excluding hydrogens is 304 g/mol. The van der Waals surface area contributed by atoms with Crippen LogP contribution in [0.15, 0.2) is 11.5 Å². The summed E-state index contributed by atoms with van der Waals surface area (Å²) in [6, 6.07) is 0. The molecule has 10 nitrogen and oxygen atoms in total. The first-order valence-corrected chi connectivity index (χ1v) is 6.52. The maximum Gasteiger partial charge on any atom is 0.378 e. The highest BCUT2D eigenvalue weighted by molar-refractivity contribution is 5.89. The van der Waals surface area contributed by atoms with E-state index in [0.29, 0.717) is 0 Å². The fourth-order valence-corrected chi connectivity index (χ4v) is 1.55. The van der Waals surface area contributed by atoms with Gasteiger partial charge in [-0.15, -0.1) is 0 Å². The number of cyclic esters (lactones) is 1. The maximum atomic E-state index is 11.7. The van der Waals surface area contributed by atoms with Crippen LogP contribution < -0.4 is 0 Å². The second kappa shape index (κ2) is 8.88. The van der Waals surface area contributed by atoms with E-state index in [1.807, 2.05) is 0 Å². The highest BCUT2D eigenvalue weighted by Crippen LogP contribution is 2.27. The third-order valence-corrected chi connectivity index (χ3v) is 2.71. The number of esters is 1. The normalized spacial score (nSPS) is 22.3. The minimum absolute atomic E-state index is 0.274. The molecule has 22 heavy (non-hydrogen) atoms. The fourth-order valence-electron chi connectivity index (χ4n) is 1.55. The summed E-state index contributed by atoms with van der Waals surface area (Å²) in [5.74, 6) is -1.71. The van der Waals surface area contributed by atoms with Crippen LogP contribution in [0, 0.1) is 0 Å². The Kier molecular flexibility index (Phi) is 7.51. The van der Waals surface area contributed by atoms with Crippen LogP contribution in [0.3, 0.4) is 0 Å². The van der Waals surface area contributed by atoms with Gasteiger partial charge >= 0.3 is 5.97 Å². The SMILES string of the molecule is O=C1O[C@H]([C@@H](O)CO)C(OCC(O)CO)=C1OCC(O)CO. The van der Waals surface area contributed by atoms with E-state index in [1.54, 1.807) is 0 Å². The molecule has 0 aromatic carbocycles. The third kappa shape index (κ3) is 4.80. The Bertz CT molecular complexity index is 395. The Morgan fingerprint density at radius 1 is 0.955 bits per heavy atom. The van der Waals surface area contributed by atoms with Crippen LogP contribution in [-0.4, -0.2) is 94.1 Å². The molecule has 0 aromatic rings. The van der Waals surface area contributed by atoms with E-state index < -0.39 is 69.2 Å². The minimum atomic E-state index is -1.48. The van der Waals surface area contributed by atoms with Crippen LogP contribution in [0.2, 0.25) is 0 Å². The number of carbonyl (C=O) groups is 1. The lowest BCUT2D eigenvalue weighted by Gasteiger charge is -2.19. The lowest BCUT2D eigenvalue weighted by atomic mass is 10.2. The first kappa shape index (κ1) is 18.6. The van der Waals surface area contributed by atoms with E-state index in [-0.39, 0.29) is 5.76 Å². The van der Waals surface area contributed by atoms with Crippen molar-refractivity contribution in [3.63, 3.8) is 0 Å². The molecule has 0 spiro atoms. The zero-order chi connectivity index (χ0) is 16.7. The number of hydrogen-bond acceptors (Lipinski definition) is 10. The first-order valence-electron chi connectivity index (χ1n) is 6.52. The van der Waals surface area contributed by atoms with Crippen molar-refractivity contribution in [3.8, 4) is 0 Å².